The lowest BCUT2D eigenvalue weighted by molar-refractivity contribution is 0.0922. The van der Waals surface area contributed by atoms with Gasteiger partial charge in [0.2, 0.25) is 0 Å². The smallest absolute Gasteiger partial charge is 0.270 e. The zero-order valence-electron chi connectivity index (χ0n) is 14.6. The van der Waals surface area contributed by atoms with Crippen molar-refractivity contribution < 1.29 is 4.79 Å². The molecule has 4 rings (SSSR count). The molecule has 1 aromatic carbocycles. The number of amides is 1. The monoisotopic (exact) mass is 335 g/mol. The second kappa shape index (κ2) is 7.26. The van der Waals surface area contributed by atoms with Crippen molar-refractivity contribution >= 4 is 11.6 Å². The van der Waals surface area contributed by atoms with Gasteiger partial charge in [0, 0.05) is 19.1 Å². The van der Waals surface area contributed by atoms with Crippen molar-refractivity contribution in [2.75, 3.05) is 11.4 Å². The lowest BCUT2D eigenvalue weighted by atomic mass is 9.95. The van der Waals surface area contributed by atoms with Gasteiger partial charge in [0.1, 0.15) is 5.69 Å². The van der Waals surface area contributed by atoms with Crippen LogP contribution in [0, 0.1) is 0 Å². The fourth-order valence-corrected chi connectivity index (χ4v) is 3.93. The maximum Gasteiger partial charge on any atom is 0.270 e. The van der Waals surface area contributed by atoms with Crippen molar-refractivity contribution in [1.29, 1.82) is 0 Å². The molecule has 0 spiro atoms. The Hall–Kier alpha value is -2.36. The summed E-state index contributed by atoms with van der Waals surface area (Å²) in [6.45, 7) is 1.90. The number of benzene rings is 1. The standard InChI is InChI=1S/C21H25N3O/c25-21(23-18-8-2-1-3-9-18)20-11-10-19(14-22-20)24-13-12-16-6-4-5-7-17(16)15-24/h4-7,10-11,14,18H,1-3,8-9,12-13,15H2,(H,23,25). The molecule has 2 aliphatic rings. The minimum atomic E-state index is -0.0394. The number of hydrogen-bond donors (Lipinski definition) is 1. The van der Waals surface area contributed by atoms with Gasteiger partial charge in [0.25, 0.3) is 5.91 Å². The lowest BCUT2D eigenvalue weighted by Gasteiger charge is -2.30. The molecule has 25 heavy (non-hydrogen) atoms. The molecule has 1 saturated carbocycles. The summed E-state index contributed by atoms with van der Waals surface area (Å²) in [5.74, 6) is -0.0394. The first-order valence-corrected chi connectivity index (χ1v) is 9.38. The fourth-order valence-electron chi connectivity index (χ4n) is 3.93. The highest BCUT2D eigenvalue weighted by molar-refractivity contribution is 5.92. The average Bonchev–Trinajstić information content (AvgIpc) is 2.68. The number of rotatable bonds is 3. The molecule has 2 aromatic rings. The van der Waals surface area contributed by atoms with Gasteiger partial charge in [-0.15, -0.1) is 0 Å². The van der Waals surface area contributed by atoms with E-state index in [2.05, 4.69) is 39.5 Å². The molecule has 4 heteroatoms. The molecule has 2 heterocycles. The zero-order valence-corrected chi connectivity index (χ0v) is 14.6. The number of carbonyl (C=O) groups is 1. The quantitative estimate of drug-likeness (QED) is 0.930. The Balaban J connectivity index is 1.41. The molecule has 0 unspecified atom stereocenters. The molecular formula is C21H25N3O. The zero-order chi connectivity index (χ0) is 17.1. The molecule has 1 aliphatic heterocycles. The van der Waals surface area contributed by atoms with Gasteiger partial charge in [-0.1, -0.05) is 43.5 Å². The number of anilines is 1. The predicted octanol–water partition coefficient (Wildman–Crippen LogP) is 3.71. The van der Waals surface area contributed by atoms with E-state index in [9.17, 15) is 4.79 Å². The number of aromatic nitrogens is 1. The van der Waals surface area contributed by atoms with Crippen LogP contribution in [0.25, 0.3) is 0 Å². The van der Waals surface area contributed by atoms with Crippen LogP contribution < -0.4 is 10.2 Å². The molecule has 1 amide bonds. The summed E-state index contributed by atoms with van der Waals surface area (Å²) in [7, 11) is 0. The molecule has 0 saturated heterocycles. The minimum Gasteiger partial charge on any atom is -0.366 e. The molecule has 130 valence electrons. The van der Waals surface area contributed by atoms with Crippen LogP contribution in [0.1, 0.15) is 53.7 Å². The second-order valence-electron chi connectivity index (χ2n) is 7.15. The summed E-state index contributed by atoms with van der Waals surface area (Å²) in [5.41, 5.74) is 4.43. The van der Waals surface area contributed by atoms with Crippen LogP contribution in [0.4, 0.5) is 5.69 Å². The summed E-state index contributed by atoms with van der Waals surface area (Å²) in [5, 5.41) is 3.13. The second-order valence-corrected chi connectivity index (χ2v) is 7.15. The summed E-state index contributed by atoms with van der Waals surface area (Å²) < 4.78 is 0. The molecule has 1 N–H and O–H groups in total. The normalized spacial score (nSPS) is 17.8. The molecule has 0 radical (unpaired) electrons. The maximum absolute atomic E-state index is 12.4. The van der Waals surface area contributed by atoms with Crippen molar-refractivity contribution in [2.45, 2.75) is 51.1 Å². The average molecular weight is 335 g/mol. The molecule has 1 fully saturated rings. The maximum atomic E-state index is 12.4. The van der Waals surface area contributed by atoms with Gasteiger partial charge in [-0.25, -0.2) is 4.98 Å². The Morgan fingerprint density at radius 3 is 2.60 bits per heavy atom. The first-order chi connectivity index (χ1) is 12.3. The SMILES string of the molecule is O=C(NC1CCCCC1)c1ccc(N2CCc3ccccc3C2)cn1. The van der Waals surface area contributed by atoms with Gasteiger partial charge in [0.15, 0.2) is 0 Å². The van der Waals surface area contributed by atoms with Crippen molar-refractivity contribution in [2.24, 2.45) is 0 Å². The van der Waals surface area contributed by atoms with Gasteiger partial charge in [0.05, 0.1) is 11.9 Å². The number of nitrogens with zero attached hydrogens (tertiary/aromatic N) is 2. The summed E-state index contributed by atoms with van der Waals surface area (Å²) in [4.78, 5) is 19.1. The van der Waals surface area contributed by atoms with Crippen molar-refractivity contribution in [1.82, 2.24) is 10.3 Å². The highest BCUT2D eigenvalue weighted by atomic mass is 16.1. The van der Waals surface area contributed by atoms with Crippen molar-refractivity contribution in [3.05, 3.63) is 59.4 Å². The summed E-state index contributed by atoms with van der Waals surface area (Å²) >= 11 is 0. The highest BCUT2D eigenvalue weighted by Gasteiger charge is 2.19. The number of pyridine rings is 1. The molecule has 1 aromatic heterocycles. The van der Waals surface area contributed by atoms with Crippen LogP contribution in [0.5, 0.6) is 0 Å². The Morgan fingerprint density at radius 2 is 1.84 bits per heavy atom. The van der Waals surface area contributed by atoms with E-state index >= 15 is 0 Å². The summed E-state index contributed by atoms with van der Waals surface area (Å²) in [6.07, 6.45) is 8.80. The van der Waals surface area contributed by atoms with E-state index in [1.165, 1.54) is 30.4 Å². The van der Waals surface area contributed by atoms with Gasteiger partial charge in [-0.05, 0) is 42.5 Å². The van der Waals surface area contributed by atoms with Gasteiger partial charge >= 0.3 is 0 Å². The summed E-state index contributed by atoms with van der Waals surface area (Å²) in [6, 6.07) is 12.8. The first kappa shape index (κ1) is 16.1. The third-order valence-corrected chi connectivity index (χ3v) is 5.42. The Labute approximate surface area is 149 Å². The van der Waals surface area contributed by atoms with E-state index in [-0.39, 0.29) is 5.91 Å². The Morgan fingerprint density at radius 1 is 1.04 bits per heavy atom. The van der Waals surface area contributed by atoms with E-state index < -0.39 is 0 Å². The molecule has 1 aliphatic carbocycles. The van der Waals surface area contributed by atoms with Crippen LogP contribution in [-0.4, -0.2) is 23.5 Å². The van der Waals surface area contributed by atoms with Crippen molar-refractivity contribution in [3.8, 4) is 0 Å². The van der Waals surface area contributed by atoms with E-state index in [1.54, 1.807) is 0 Å². The van der Waals surface area contributed by atoms with E-state index in [1.807, 2.05) is 18.3 Å². The molecular weight excluding hydrogens is 310 g/mol. The third kappa shape index (κ3) is 3.68. The number of carbonyl (C=O) groups excluding carboxylic acids is 1. The molecule has 0 atom stereocenters. The van der Waals surface area contributed by atoms with Crippen LogP contribution in [-0.2, 0) is 13.0 Å². The number of hydrogen-bond acceptors (Lipinski definition) is 3. The van der Waals surface area contributed by atoms with Gasteiger partial charge in [-0.3, -0.25) is 4.79 Å². The lowest BCUT2D eigenvalue weighted by Crippen LogP contribution is -2.36. The van der Waals surface area contributed by atoms with E-state index in [0.717, 1.165) is 38.0 Å². The van der Waals surface area contributed by atoms with Gasteiger partial charge in [-0.2, -0.15) is 0 Å². The molecule has 0 bridgehead atoms. The number of nitrogens with one attached hydrogen (secondary N) is 1. The Bertz CT molecular complexity index is 735. The number of fused-ring (bicyclic) bond motifs is 1. The van der Waals surface area contributed by atoms with Crippen molar-refractivity contribution in [3.63, 3.8) is 0 Å². The topological polar surface area (TPSA) is 45.2 Å². The molecule has 4 nitrogen and oxygen atoms in total. The van der Waals surface area contributed by atoms with Crippen LogP contribution >= 0.6 is 0 Å². The van der Waals surface area contributed by atoms with Crippen LogP contribution in [0.2, 0.25) is 0 Å². The van der Waals surface area contributed by atoms with Gasteiger partial charge < -0.3 is 10.2 Å². The van der Waals surface area contributed by atoms with E-state index in [4.69, 9.17) is 0 Å². The predicted molar refractivity (Wildman–Crippen MR) is 99.8 cm³/mol. The fraction of sp³-hybridized carbons (Fsp3) is 0.429. The highest BCUT2D eigenvalue weighted by Crippen LogP contribution is 2.24. The first-order valence-electron chi connectivity index (χ1n) is 9.38. The van der Waals surface area contributed by atoms with Crippen LogP contribution in [0.3, 0.4) is 0 Å². The minimum absolute atomic E-state index is 0.0394. The van der Waals surface area contributed by atoms with Crippen LogP contribution in [0.15, 0.2) is 42.6 Å². The Kier molecular flexibility index (Phi) is 4.68. The third-order valence-electron chi connectivity index (χ3n) is 5.42. The largest absolute Gasteiger partial charge is 0.366 e. The van der Waals surface area contributed by atoms with E-state index in [0.29, 0.717) is 11.7 Å².